The van der Waals surface area contributed by atoms with Crippen molar-refractivity contribution in [3.8, 4) is 0 Å². The molecule has 10 heteroatoms. The van der Waals surface area contributed by atoms with Gasteiger partial charge in [0.25, 0.3) is 0 Å². The average Bonchev–Trinajstić information content (AvgIpc) is 2.69. The van der Waals surface area contributed by atoms with E-state index >= 15 is 0 Å². The number of hydrogen-bond donors (Lipinski definition) is 2. The number of halogens is 2. The molecular formula is C18H19ClFN3O4S. The van der Waals surface area contributed by atoms with E-state index in [-0.39, 0.29) is 35.2 Å². The van der Waals surface area contributed by atoms with Crippen LogP contribution in [0, 0.1) is 5.82 Å². The van der Waals surface area contributed by atoms with Crippen LogP contribution in [-0.4, -0.2) is 45.1 Å². The summed E-state index contributed by atoms with van der Waals surface area (Å²) in [6.45, 7) is 1.16. The first kappa shape index (κ1) is 20.5. The fourth-order valence-corrected chi connectivity index (χ4v) is 4.28. The first-order valence-corrected chi connectivity index (χ1v) is 10.4. The van der Waals surface area contributed by atoms with Crippen molar-refractivity contribution < 1.29 is 22.3 Å². The van der Waals surface area contributed by atoms with Gasteiger partial charge in [-0.3, -0.25) is 0 Å². The Balaban J connectivity index is 1.71. The first-order valence-electron chi connectivity index (χ1n) is 8.53. The molecule has 0 bridgehead atoms. The molecule has 28 heavy (non-hydrogen) atoms. The Morgan fingerprint density at radius 3 is 2.61 bits per heavy atom. The molecule has 0 unspecified atom stereocenters. The third kappa shape index (κ3) is 4.79. The minimum atomic E-state index is -3.72. The van der Waals surface area contributed by atoms with E-state index in [4.69, 9.17) is 16.3 Å². The summed E-state index contributed by atoms with van der Waals surface area (Å²) in [5.74, 6) is -0.431. The molecule has 0 spiro atoms. The number of morpholine rings is 1. The molecule has 2 aromatic carbocycles. The van der Waals surface area contributed by atoms with Crippen LogP contribution in [-0.2, 0) is 21.3 Å². The molecule has 1 aliphatic rings. The van der Waals surface area contributed by atoms with Crippen LogP contribution in [0.1, 0.15) is 5.56 Å². The standard InChI is InChI=1S/C18H19ClFN3O4S/c19-15-6-5-14(28(25,26)23-7-9-27-10-8-23)11-17(15)22-18(24)21-12-13-3-1-2-4-16(13)20/h1-6,11H,7-10,12H2,(H2,21,22,24). The molecule has 1 heterocycles. The lowest BCUT2D eigenvalue weighted by Crippen LogP contribution is -2.40. The lowest BCUT2D eigenvalue weighted by Gasteiger charge is -2.26. The second kappa shape index (κ2) is 8.87. The zero-order valence-corrected chi connectivity index (χ0v) is 16.4. The van der Waals surface area contributed by atoms with E-state index in [1.807, 2.05) is 0 Å². The minimum Gasteiger partial charge on any atom is -0.379 e. The summed E-state index contributed by atoms with van der Waals surface area (Å²) in [5.41, 5.74) is 0.467. The van der Waals surface area contributed by atoms with Crippen molar-refractivity contribution in [2.75, 3.05) is 31.6 Å². The Hall–Kier alpha value is -2.20. The van der Waals surface area contributed by atoms with Gasteiger partial charge in [0.15, 0.2) is 0 Å². The van der Waals surface area contributed by atoms with Crippen LogP contribution in [0.25, 0.3) is 0 Å². The Bertz CT molecular complexity index is 965. The van der Waals surface area contributed by atoms with Crippen LogP contribution in [0.3, 0.4) is 0 Å². The van der Waals surface area contributed by atoms with Gasteiger partial charge in [-0.1, -0.05) is 29.8 Å². The predicted octanol–water partition coefficient (Wildman–Crippen LogP) is 2.82. The van der Waals surface area contributed by atoms with Gasteiger partial charge in [-0.25, -0.2) is 17.6 Å². The van der Waals surface area contributed by atoms with Crippen molar-refractivity contribution in [3.63, 3.8) is 0 Å². The summed E-state index contributed by atoms with van der Waals surface area (Å²) in [5, 5.41) is 5.20. The molecule has 1 aliphatic heterocycles. The third-order valence-corrected chi connectivity index (χ3v) is 6.42. The van der Waals surface area contributed by atoms with Crippen LogP contribution in [0.15, 0.2) is 47.4 Å². The third-order valence-electron chi connectivity index (χ3n) is 4.19. The van der Waals surface area contributed by atoms with Crippen LogP contribution in [0.5, 0.6) is 0 Å². The number of nitrogens with zero attached hydrogens (tertiary/aromatic N) is 1. The SMILES string of the molecule is O=C(NCc1ccccc1F)Nc1cc(S(=O)(=O)N2CCOCC2)ccc1Cl. The van der Waals surface area contributed by atoms with E-state index < -0.39 is 21.9 Å². The summed E-state index contributed by atoms with van der Waals surface area (Å²) in [6, 6.07) is 9.52. The molecule has 1 saturated heterocycles. The summed E-state index contributed by atoms with van der Waals surface area (Å²) in [6.07, 6.45) is 0. The maximum Gasteiger partial charge on any atom is 0.319 e. The highest BCUT2D eigenvalue weighted by Crippen LogP contribution is 2.27. The van der Waals surface area contributed by atoms with Gasteiger partial charge in [0.2, 0.25) is 10.0 Å². The molecule has 2 amide bonds. The van der Waals surface area contributed by atoms with Gasteiger partial charge in [0, 0.05) is 25.2 Å². The van der Waals surface area contributed by atoms with Crippen molar-refractivity contribution >= 4 is 33.3 Å². The molecule has 0 saturated carbocycles. The van der Waals surface area contributed by atoms with Gasteiger partial charge in [0.05, 0.1) is 28.8 Å². The number of hydrogen-bond acceptors (Lipinski definition) is 4. The highest BCUT2D eigenvalue weighted by Gasteiger charge is 2.27. The minimum absolute atomic E-state index is 0.0169. The zero-order chi connectivity index (χ0) is 20.1. The number of rotatable bonds is 5. The summed E-state index contributed by atoms with van der Waals surface area (Å²) < 4.78 is 45.6. The van der Waals surface area contributed by atoms with Crippen molar-refractivity contribution in [2.24, 2.45) is 0 Å². The number of anilines is 1. The zero-order valence-electron chi connectivity index (χ0n) is 14.8. The van der Waals surface area contributed by atoms with E-state index in [1.165, 1.54) is 28.6 Å². The summed E-state index contributed by atoms with van der Waals surface area (Å²) in [4.78, 5) is 12.1. The largest absolute Gasteiger partial charge is 0.379 e. The van der Waals surface area contributed by atoms with Crippen LogP contribution in [0.2, 0.25) is 5.02 Å². The molecule has 0 aromatic heterocycles. The maximum absolute atomic E-state index is 13.6. The fourth-order valence-electron chi connectivity index (χ4n) is 2.68. The van der Waals surface area contributed by atoms with Gasteiger partial charge in [-0.05, 0) is 24.3 Å². The Morgan fingerprint density at radius 1 is 1.18 bits per heavy atom. The summed E-state index contributed by atoms with van der Waals surface area (Å²) in [7, 11) is -3.72. The molecule has 0 radical (unpaired) electrons. The van der Waals surface area contributed by atoms with Crippen LogP contribution in [0.4, 0.5) is 14.9 Å². The lowest BCUT2D eigenvalue weighted by atomic mass is 10.2. The van der Waals surface area contributed by atoms with Gasteiger partial charge < -0.3 is 15.4 Å². The Labute approximate surface area is 167 Å². The van der Waals surface area contributed by atoms with E-state index in [0.29, 0.717) is 18.8 Å². The number of ether oxygens (including phenoxy) is 1. The monoisotopic (exact) mass is 427 g/mol. The number of benzene rings is 2. The average molecular weight is 428 g/mol. The number of carbonyl (C=O) groups is 1. The number of carbonyl (C=O) groups excluding carboxylic acids is 1. The van der Waals surface area contributed by atoms with Crippen molar-refractivity contribution in [2.45, 2.75) is 11.4 Å². The van der Waals surface area contributed by atoms with E-state index in [1.54, 1.807) is 18.2 Å². The topological polar surface area (TPSA) is 87.7 Å². The van der Waals surface area contributed by atoms with E-state index in [2.05, 4.69) is 10.6 Å². The van der Waals surface area contributed by atoms with Crippen molar-refractivity contribution in [1.82, 2.24) is 9.62 Å². The normalized spacial score (nSPS) is 15.2. The molecule has 0 atom stereocenters. The number of nitrogens with one attached hydrogen (secondary N) is 2. The Kier molecular flexibility index (Phi) is 6.50. The smallest absolute Gasteiger partial charge is 0.319 e. The highest BCUT2D eigenvalue weighted by molar-refractivity contribution is 7.89. The lowest BCUT2D eigenvalue weighted by molar-refractivity contribution is 0.0730. The first-order chi connectivity index (χ1) is 13.4. The quantitative estimate of drug-likeness (QED) is 0.768. The van der Waals surface area contributed by atoms with Gasteiger partial charge in [-0.2, -0.15) is 4.31 Å². The van der Waals surface area contributed by atoms with Crippen molar-refractivity contribution in [1.29, 1.82) is 0 Å². The Morgan fingerprint density at radius 2 is 1.89 bits per heavy atom. The fraction of sp³-hybridized carbons (Fsp3) is 0.278. The predicted molar refractivity (Wildman–Crippen MR) is 103 cm³/mol. The summed E-state index contributed by atoms with van der Waals surface area (Å²) >= 11 is 6.09. The van der Waals surface area contributed by atoms with Gasteiger partial charge in [-0.15, -0.1) is 0 Å². The number of sulfonamides is 1. The molecule has 3 rings (SSSR count). The maximum atomic E-state index is 13.6. The van der Waals surface area contributed by atoms with Gasteiger partial charge in [0.1, 0.15) is 5.82 Å². The molecule has 1 fully saturated rings. The van der Waals surface area contributed by atoms with Crippen LogP contribution >= 0.6 is 11.6 Å². The van der Waals surface area contributed by atoms with Gasteiger partial charge >= 0.3 is 6.03 Å². The molecule has 2 aromatic rings. The second-order valence-electron chi connectivity index (χ2n) is 6.06. The van der Waals surface area contributed by atoms with Crippen LogP contribution < -0.4 is 10.6 Å². The van der Waals surface area contributed by atoms with Crippen molar-refractivity contribution in [3.05, 3.63) is 58.9 Å². The molecule has 7 nitrogen and oxygen atoms in total. The second-order valence-corrected chi connectivity index (χ2v) is 8.40. The molecule has 0 aliphatic carbocycles. The number of urea groups is 1. The number of amides is 2. The molecule has 2 N–H and O–H groups in total. The van der Waals surface area contributed by atoms with E-state index in [0.717, 1.165) is 0 Å². The van der Waals surface area contributed by atoms with E-state index in [9.17, 15) is 17.6 Å². The highest BCUT2D eigenvalue weighted by atomic mass is 35.5. The molecule has 150 valence electrons. The molecular weight excluding hydrogens is 409 g/mol.